The topological polar surface area (TPSA) is 78.6 Å². The maximum atomic E-state index is 12.0. The fourth-order valence-corrected chi connectivity index (χ4v) is 1.40. The molecule has 0 spiro atoms. The lowest BCUT2D eigenvalue weighted by atomic mass is 10.0. The Hall–Kier alpha value is -1.10. The van der Waals surface area contributed by atoms with E-state index >= 15 is 0 Å². The molecule has 0 aliphatic heterocycles. The monoisotopic (exact) mass is 273 g/mol. The molecule has 0 bridgehead atoms. The highest BCUT2D eigenvalue weighted by atomic mass is 16.6. The van der Waals surface area contributed by atoms with Crippen molar-refractivity contribution >= 4 is 11.9 Å². The zero-order valence-electron chi connectivity index (χ0n) is 12.9. The third kappa shape index (κ3) is 8.59. The molecule has 0 amide bonds. The molecule has 19 heavy (non-hydrogen) atoms. The molecule has 112 valence electrons. The Bertz CT molecular complexity index is 284. The van der Waals surface area contributed by atoms with Gasteiger partial charge in [0.15, 0.2) is 5.92 Å². The van der Waals surface area contributed by atoms with Crippen molar-refractivity contribution in [1.82, 2.24) is 0 Å². The molecule has 0 aromatic rings. The summed E-state index contributed by atoms with van der Waals surface area (Å²) in [7, 11) is 0. The van der Waals surface area contributed by atoms with Crippen LogP contribution in [-0.2, 0) is 19.1 Å². The molecule has 2 N–H and O–H groups in total. The van der Waals surface area contributed by atoms with Crippen LogP contribution >= 0.6 is 0 Å². The zero-order chi connectivity index (χ0) is 15.3. The minimum atomic E-state index is -0.901. The van der Waals surface area contributed by atoms with Crippen LogP contribution in [0.1, 0.15) is 54.4 Å². The molecule has 0 aromatic carbocycles. The molecule has 0 aromatic heterocycles. The van der Waals surface area contributed by atoms with Crippen molar-refractivity contribution in [3.63, 3.8) is 0 Å². The molecule has 0 saturated carbocycles. The predicted molar refractivity (Wildman–Crippen MR) is 73.5 cm³/mol. The lowest BCUT2D eigenvalue weighted by Crippen LogP contribution is -2.37. The summed E-state index contributed by atoms with van der Waals surface area (Å²) in [6, 6.07) is 0. The van der Waals surface area contributed by atoms with Crippen LogP contribution in [0.2, 0.25) is 0 Å². The SMILES string of the molecule is CC(C)(C)OC(=O)C(CCCN)C(=O)OC(C)(C)C. The third-order valence-electron chi connectivity index (χ3n) is 2.08. The van der Waals surface area contributed by atoms with Gasteiger partial charge in [0, 0.05) is 0 Å². The van der Waals surface area contributed by atoms with Gasteiger partial charge >= 0.3 is 11.9 Å². The minimum Gasteiger partial charge on any atom is -0.459 e. The van der Waals surface area contributed by atoms with Crippen LogP contribution in [0.5, 0.6) is 0 Å². The predicted octanol–water partition coefficient (Wildman–Crippen LogP) is 2.02. The Morgan fingerprint density at radius 3 is 1.58 bits per heavy atom. The van der Waals surface area contributed by atoms with Crippen molar-refractivity contribution < 1.29 is 19.1 Å². The van der Waals surface area contributed by atoms with E-state index in [0.29, 0.717) is 19.4 Å². The van der Waals surface area contributed by atoms with Gasteiger partial charge in [-0.1, -0.05) is 0 Å². The number of carbonyl (C=O) groups is 2. The number of carbonyl (C=O) groups excluding carboxylic acids is 2. The Labute approximate surface area is 115 Å². The van der Waals surface area contributed by atoms with Crippen molar-refractivity contribution in [1.29, 1.82) is 0 Å². The van der Waals surface area contributed by atoms with Gasteiger partial charge in [-0.3, -0.25) is 9.59 Å². The molecular weight excluding hydrogens is 246 g/mol. The van der Waals surface area contributed by atoms with Gasteiger partial charge in [-0.2, -0.15) is 0 Å². The highest BCUT2D eigenvalue weighted by molar-refractivity contribution is 5.95. The van der Waals surface area contributed by atoms with E-state index in [-0.39, 0.29) is 0 Å². The average Bonchev–Trinajstić information content (AvgIpc) is 2.12. The Kier molecular flexibility index (Phi) is 6.49. The van der Waals surface area contributed by atoms with Crippen molar-refractivity contribution in [2.75, 3.05) is 6.54 Å². The zero-order valence-corrected chi connectivity index (χ0v) is 12.9. The largest absolute Gasteiger partial charge is 0.459 e. The first-order chi connectivity index (χ1) is 8.46. The summed E-state index contributed by atoms with van der Waals surface area (Å²) in [5.74, 6) is -1.99. The molecule has 0 radical (unpaired) electrons. The molecule has 0 fully saturated rings. The van der Waals surface area contributed by atoms with Crippen LogP contribution < -0.4 is 5.73 Å². The van der Waals surface area contributed by atoms with Crippen LogP contribution in [-0.4, -0.2) is 29.7 Å². The van der Waals surface area contributed by atoms with Crippen molar-refractivity contribution in [3.8, 4) is 0 Å². The summed E-state index contributed by atoms with van der Waals surface area (Å²) in [6.07, 6.45) is 0.920. The van der Waals surface area contributed by atoms with Gasteiger partial charge in [-0.05, 0) is 60.9 Å². The van der Waals surface area contributed by atoms with E-state index in [9.17, 15) is 9.59 Å². The molecule has 5 nitrogen and oxygen atoms in total. The lowest BCUT2D eigenvalue weighted by molar-refractivity contribution is -0.174. The number of hydrogen-bond acceptors (Lipinski definition) is 5. The molecule has 0 saturated heterocycles. The second-order valence-corrected chi connectivity index (χ2v) is 6.55. The summed E-state index contributed by atoms with van der Waals surface area (Å²) in [6.45, 7) is 11.0. The van der Waals surface area contributed by atoms with Gasteiger partial charge in [-0.25, -0.2) is 0 Å². The summed E-state index contributed by atoms with van der Waals surface area (Å²) in [5, 5.41) is 0. The molecule has 0 unspecified atom stereocenters. The van der Waals surface area contributed by atoms with Gasteiger partial charge < -0.3 is 15.2 Å². The van der Waals surface area contributed by atoms with E-state index in [1.165, 1.54) is 0 Å². The summed E-state index contributed by atoms with van der Waals surface area (Å²) >= 11 is 0. The highest BCUT2D eigenvalue weighted by Crippen LogP contribution is 2.19. The number of esters is 2. The van der Waals surface area contributed by atoms with Gasteiger partial charge in [0.05, 0.1) is 0 Å². The lowest BCUT2D eigenvalue weighted by Gasteiger charge is -2.26. The maximum Gasteiger partial charge on any atom is 0.320 e. The quantitative estimate of drug-likeness (QED) is 0.612. The Morgan fingerprint density at radius 2 is 1.32 bits per heavy atom. The van der Waals surface area contributed by atoms with Crippen molar-refractivity contribution in [2.45, 2.75) is 65.6 Å². The Morgan fingerprint density at radius 1 is 0.947 bits per heavy atom. The van der Waals surface area contributed by atoms with E-state index in [4.69, 9.17) is 15.2 Å². The molecule has 5 heteroatoms. The summed E-state index contributed by atoms with van der Waals surface area (Å²) < 4.78 is 10.5. The van der Waals surface area contributed by atoms with Crippen molar-refractivity contribution in [3.05, 3.63) is 0 Å². The molecule has 0 rings (SSSR count). The molecule has 0 atom stereocenters. The van der Waals surface area contributed by atoms with E-state index in [1.54, 1.807) is 41.5 Å². The first-order valence-corrected chi connectivity index (χ1v) is 6.62. The van der Waals surface area contributed by atoms with Crippen LogP contribution in [0, 0.1) is 5.92 Å². The van der Waals surface area contributed by atoms with E-state index in [1.807, 2.05) is 0 Å². The average molecular weight is 273 g/mol. The van der Waals surface area contributed by atoms with E-state index in [0.717, 1.165) is 0 Å². The molecule has 0 heterocycles. The first kappa shape index (κ1) is 17.9. The van der Waals surface area contributed by atoms with Crippen LogP contribution in [0.15, 0.2) is 0 Å². The van der Waals surface area contributed by atoms with Gasteiger partial charge in [-0.15, -0.1) is 0 Å². The maximum absolute atomic E-state index is 12.0. The van der Waals surface area contributed by atoms with Crippen molar-refractivity contribution in [2.24, 2.45) is 11.7 Å². The van der Waals surface area contributed by atoms with E-state index < -0.39 is 29.1 Å². The van der Waals surface area contributed by atoms with Gasteiger partial charge in [0.1, 0.15) is 11.2 Å². The summed E-state index contributed by atoms with van der Waals surface area (Å²) in [5.41, 5.74) is 4.18. The van der Waals surface area contributed by atoms with Crippen LogP contribution in [0.4, 0.5) is 0 Å². The number of ether oxygens (including phenoxy) is 2. The Balaban J connectivity index is 4.80. The summed E-state index contributed by atoms with van der Waals surface area (Å²) in [4.78, 5) is 24.1. The highest BCUT2D eigenvalue weighted by Gasteiger charge is 2.34. The van der Waals surface area contributed by atoms with Crippen LogP contribution in [0.25, 0.3) is 0 Å². The van der Waals surface area contributed by atoms with E-state index in [2.05, 4.69) is 0 Å². The van der Waals surface area contributed by atoms with Gasteiger partial charge in [0.2, 0.25) is 0 Å². The molecule has 0 aliphatic rings. The smallest absolute Gasteiger partial charge is 0.320 e. The standard InChI is InChI=1S/C14H27NO4/c1-13(2,3)18-11(16)10(8-7-9-15)12(17)19-14(4,5)6/h10H,7-9,15H2,1-6H3. The first-order valence-electron chi connectivity index (χ1n) is 6.62. The second kappa shape index (κ2) is 6.89. The van der Waals surface area contributed by atoms with Gasteiger partial charge in [0.25, 0.3) is 0 Å². The minimum absolute atomic E-state index is 0.348. The van der Waals surface area contributed by atoms with Crippen LogP contribution in [0.3, 0.4) is 0 Å². The third-order valence-corrected chi connectivity index (χ3v) is 2.08. The molecule has 0 aliphatic carbocycles. The molecular formula is C14H27NO4. The fourth-order valence-electron chi connectivity index (χ4n) is 1.40. The fraction of sp³-hybridized carbons (Fsp3) is 0.857. The second-order valence-electron chi connectivity index (χ2n) is 6.55. The number of rotatable bonds is 5. The number of nitrogens with two attached hydrogens (primary N) is 1. The normalized spacial score (nSPS) is 12.4. The number of hydrogen-bond donors (Lipinski definition) is 1.